The fourth-order valence-corrected chi connectivity index (χ4v) is 5.25. The van der Waals surface area contributed by atoms with Crippen LogP contribution in [0.25, 0.3) is 16.8 Å². The molecule has 3 heterocycles. The van der Waals surface area contributed by atoms with Crippen LogP contribution in [0, 0.1) is 6.92 Å². The maximum atomic E-state index is 12.6. The zero-order valence-electron chi connectivity index (χ0n) is 16.8. The number of thioether (sulfide) groups is 1. The molecule has 0 saturated carbocycles. The van der Waals surface area contributed by atoms with E-state index in [1.54, 1.807) is 6.92 Å². The molecule has 0 spiro atoms. The molecular formula is C20H21N5O3S2. The topological polar surface area (TPSA) is 101 Å². The van der Waals surface area contributed by atoms with Gasteiger partial charge in [-0.2, -0.15) is 0 Å². The summed E-state index contributed by atoms with van der Waals surface area (Å²) >= 11 is 2.70. The molecule has 0 saturated heterocycles. The van der Waals surface area contributed by atoms with Crippen LogP contribution in [-0.4, -0.2) is 43.8 Å². The molecule has 0 radical (unpaired) electrons. The van der Waals surface area contributed by atoms with E-state index in [0.717, 1.165) is 21.5 Å². The number of hydrogen-bond acceptors (Lipinski definition) is 7. The zero-order chi connectivity index (χ0) is 21.3. The standard InChI is InChI=1S/C20H21N5O3S2/c1-4-12-11(3)30-17(16(12)18(27)28-5-2)22-15(26)10-29-20-24-23-19-21-13-8-6-7-9-14(13)25(19)20/h6-9H,4-5,10H2,1-3H3,(H,21,23)(H,22,26). The van der Waals surface area contributed by atoms with Crippen molar-refractivity contribution in [2.45, 2.75) is 32.3 Å². The number of amides is 1. The number of carbonyl (C=O) groups excluding carboxylic acids is 2. The number of para-hydroxylation sites is 2. The number of nitrogens with zero attached hydrogens (tertiary/aromatic N) is 3. The van der Waals surface area contributed by atoms with Gasteiger partial charge in [-0.1, -0.05) is 30.8 Å². The third kappa shape index (κ3) is 3.68. The van der Waals surface area contributed by atoms with Gasteiger partial charge in [0.2, 0.25) is 11.7 Å². The predicted molar refractivity (Wildman–Crippen MR) is 119 cm³/mol. The highest BCUT2D eigenvalue weighted by Crippen LogP contribution is 2.34. The Hall–Kier alpha value is -2.85. The van der Waals surface area contributed by atoms with Crippen LogP contribution < -0.4 is 5.32 Å². The number of fused-ring (bicyclic) bond motifs is 3. The van der Waals surface area contributed by atoms with Crippen LogP contribution in [0.1, 0.15) is 34.6 Å². The van der Waals surface area contributed by atoms with Gasteiger partial charge in [-0.05, 0) is 38.0 Å². The summed E-state index contributed by atoms with van der Waals surface area (Å²) in [5, 5.41) is 11.2. The highest BCUT2D eigenvalue weighted by Gasteiger charge is 2.23. The van der Waals surface area contributed by atoms with Gasteiger partial charge in [-0.25, -0.2) is 14.9 Å². The van der Waals surface area contributed by atoms with Crippen molar-refractivity contribution < 1.29 is 14.3 Å². The van der Waals surface area contributed by atoms with Crippen molar-refractivity contribution in [1.29, 1.82) is 0 Å². The van der Waals surface area contributed by atoms with E-state index in [0.29, 0.717) is 27.9 Å². The number of ether oxygens (including phenoxy) is 1. The molecule has 3 aromatic heterocycles. The van der Waals surface area contributed by atoms with Crippen molar-refractivity contribution >= 4 is 56.8 Å². The van der Waals surface area contributed by atoms with E-state index in [9.17, 15) is 9.59 Å². The Morgan fingerprint density at radius 3 is 2.87 bits per heavy atom. The normalized spacial score (nSPS) is 11.3. The minimum absolute atomic E-state index is 0.146. The third-order valence-corrected chi connectivity index (χ3v) is 6.63. The molecule has 1 amide bonds. The molecule has 0 aliphatic heterocycles. The monoisotopic (exact) mass is 443 g/mol. The van der Waals surface area contributed by atoms with E-state index in [4.69, 9.17) is 4.74 Å². The SMILES string of the molecule is CCOC(=O)c1c(NC(=O)CSc2n[nH]c3nc4ccccc4n23)sc(C)c1CC. The second-order valence-electron chi connectivity index (χ2n) is 6.52. The first kappa shape index (κ1) is 20.4. The van der Waals surface area contributed by atoms with Crippen LogP contribution in [0.2, 0.25) is 0 Å². The van der Waals surface area contributed by atoms with Gasteiger partial charge in [0.15, 0.2) is 5.16 Å². The quantitative estimate of drug-likeness (QED) is 0.330. The lowest BCUT2D eigenvalue weighted by atomic mass is 10.1. The van der Waals surface area contributed by atoms with Gasteiger partial charge in [-0.15, -0.1) is 16.4 Å². The fraction of sp³-hybridized carbons (Fsp3) is 0.300. The van der Waals surface area contributed by atoms with Gasteiger partial charge in [0.05, 0.1) is 29.0 Å². The number of carbonyl (C=O) groups is 2. The Kier molecular flexibility index (Phi) is 5.78. The maximum Gasteiger partial charge on any atom is 0.341 e. The van der Waals surface area contributed by atoms with Crippen molar-refractivity contribution in [1.82, 2.24) is 19.6 Å². The molecule has 0 fully saturated rings. The van der Waals surface area contributed by atoms with E-state index in [1.807, 2.05) is 42.5 Å². The molecule has 10 heteroatoms. The third-order valence-electron chi connectivity index (χ3n) is 4.63. The largest absolute Gasteiger partial charge is 0.462 e. The van der Waals surface area contributed by atoms with Crippen molar-refractivity contribution in [3.05, 3.63) is 40.3 Å². The Morgan fingerprint density at radius 2 is 2.10 bits per heavy atom. The summed E-state index contributed by atoms with van der Waals surface area (Å²) in [6, 6.07) is 7.75. The Bertz CT molecular complexity index is 1240. The number of hydrogen-bond donors (Lipinski definition) is 2. The highest BCUT2D eigenvalue weighted by molar-refractivity contribution is 7.99. The highest BCUT2D eigenvalue weighted by atomic mass is 32.2. The first-order valence-corrected chi connectivity index (χ1v) is 11.4. The number of aromatic amines is 1. The first-order valence-electron chi connectivity index (χ1n) is 9.57. The lowest BCUT2D eigenvalue weighted by Gasteiger charge is -2.07. The van der Waals surface area contributed by atoms with Crippen LogP contribution in [0.15, 0.2) is 29.4 Å². The van der Waals surface area contributed by atoms with Crippen LogP contribution in [0.3, 0.4) is 0 Å². The second kappa shape index (κ2) is 8.49. The van der Waals surface area contributed by atoms with E-state index < -0.39 is 5.97 Å². The van der Waals surface area contributed by atoms with Gasteiger partial charge >= 0.3 is 5.97 Å². The van der Waals surface area contributed by atoms with E-state index >= 15 is 0 Å². The molecule has 0 bridgehead atoms. The minimum atomic E-state index is -0.402. The van der Waals surface area contributed by atoms with Gasteiger partial charge in [0.1, 0.15) is 5.00 Å². The zero-order valence-corrected chi connectivity index (χ0v) is 18.4. The van der Waals surface area contributed by atoms with Crippen molar-refractivity contribution in [3.63, 3.8) is 0 Å². The summed E-state index contributed by atoms with van der Waals surface area (Å²) in [6.07, 6.45) is 0.695. The Balaban J connectivity index is 1.52. The average Bonchev–Trinajstić information content (AvgIpc) is 3.38. The molecule has 156 valence electrons. The van der Waals surface area contributed by atoms with Crippen molar-refractivity contribution in [3.8, 4) is 0 Å². The van der Waals surface area contributed by atoms with Gasteiger partial charge < -0.3 is 10.1 Å². The van der Waals surface area contributed by atoms with Crippen LogP contribution in [0.4, 0.5) is 5.00 Å². The lowest BCUT2D eigenvalue weighted by Crippen LogP contribution is -2.17. The van der Waals surface area contributed by atoms with Gasteiger partial charge in [0.25, 0.3) is 0 Å². The molecule has 8 nitrogen and oxygen atoms in total. The molecule has 0 aliphatic carbocycles. The molecule has 0 aliphatic rings. The van der Waals surface area contributed by atoms with E-state index in [-0.39, 0.29) is 18.3 Å². The molecule has 4 aromatic rings. The predicted octanol–water partition coefficient (Wildman–Crippen LogP) is 4.05. The molecule has 0 unspecified atom stereocenters. The summed E-state index contributed by atoms with van der Waals surface area (Å²) in [7, 11) is 0. The minimum Gasteiger partial charge on any atom is -0.462 e. The Labute approximate surface area is 181 Å². The number of imidazole rings is 1. The number of benzene rings is 1. The van der Waals surface area contributed by atoms with Crippen LogP contribution in [-0.2, 0) is 16.0 Å². The summed E-state index contributed by atoms with van der Waals surface area (Å²) in [4.78, 5) is 30.6. The summed E-state index contributed by atoms with van der Waals surface area (Å²) in [6.45, 7) is 5.98. The number of anilines is 1. The van der Waals surface area contributed by atoms with E-state index in [1.165, 1.54) is 23.1 Å². The van der Waals surface area contributed by atoms with Crippen LogP contribution in [0.5, 0.6) is 0 Å². The molecule has 1 aromatic carbocycles. The fourth-order valence-electron chi connectivity index (χ4n) is 3.34. The smallest absolute Gasteiger partial charge is 0.341 e. The summed E-state index contributed by atoms with van der Waals surface area (Å²) in [5.74, 6) is 0.161. The number of esters is 1. The number of nitrogens with one attached hydrogen (secondary N) is 2. The number of rotatable bonds is 7. The molecule has 2 N–H and O–H groups in total. The molecule has 30 heavy (non-hydrogen) atoms. The summed E-state index contributed by atoms with van der Waals surface area (Å²) < 4.78 is 7.08. The number of aromatic nitrogens is 4. The number of H-pyrrole nitrogens is 1. The average molecular weight is 444 g/mol. The summed E-state index contributed by atoms with van der Waals surface area (Å²) in [5.41, 5.74) is 3.16. The second-order valence-corrected chi connectivity index (χ2v) is 8.68. The first-order chi connectivity index (χ1) is 14.5. The maximum absolute atomic E-state index is 12.6. The molecular weight excluding hydrogens is 422 g/mol. The van der Waals surface area contributed by atoms with Crippen molar-refractivity contribution in [2.75, 3.05) is 17.7 Å². The number of thiophene rings is 1. The van der Waals surface area contributed by atoms with Gasteiger partial charge in [0, 0.05) is 4.88 Å². The molecule has 0 atom stereocenters. The van der Waals surface area contributed by atoms with Gasteiger partial charge in [-0.3, -0.25) is 9.20 Å². The Morgan fingerprint density at radius 1 is 1.30 bits per heavy atom. The van der Waals surface area contributed by atoms with Crippen LogP contribution >= 0.6 is 23.1 Å². The van der Waals surface area contributed by atoms with E-state index in [2.05, 4.69) is 20.5 Å². The molecule has 4 rings (SSSR count). The lowest BCUT2D eigenvalue weighted by molar-refractivity contribution is -0.113. The van der Waals surface area contributed by atoms with Crippen molar-refractivity contribution in [2.24, 2.45) is 0 Å². The number of aryl methyl sites for hydroxylation is 1.